The molecule has 0 amide bonds. The summed E-state index contributed by atoms with van der Waals surface area (Å²) in [4.78, 5) is 22.5. The lowest BCUT2D eigenvalue weighted by molar-refractivity contribution is 0.921. The molecule has 0 spiro atoms. The molecule has 0 radical (unpaired) electrons. The lowest BCUT2D eigenvalue weighted by atomic mass is 10.4. The van der Waals surface area contributed by atoms with Gasteiger partial charge in [0.05, 0.1) is 6.33 Å². The van der Waals surface area contributed by atoms with Gasteiger partial charge >= 0.3 is 0 Å². The third-order valence-electron chi connectivity index (χ3n) is 2.43. The van der Waals surface area contributed by atoms with Gasteiger partial charge in [-0.15, -0.1) is 0 Å². The van der Waals surface area contributed by atoms with Crippen molar-refractivity contribution in [2.75, 3.05) is 11.9 Å². The molecule has 3 aromatic heterocycles. The van der Waals surface area contributed by atoms with Gasteiger partial charge in [0.2, 0.25) is 0 Å². The Morgan fingerprint density at radius 1 is 1.12 bits per heavy atom. The molecule has 0 bridgehead atoms. The maximum atomic E-state index is 4.17. The van der Waals surface area contributed by atoms with Gasteiger partial charge in [0.1, 0.15) is 17.7 Å². The van der Waals surface area contributed by atoms with Gasteiger partial charge in [-0.1, -0.05) is 0 Å². The molecule has 0 aliphatic carbocycles. The van der Waals surface area contributed by atoms with Gasteiger partial charge in [-0.05, 0) is 0 Å². The van der Waals surface area contributed by atoms with Crippen LogP contribution < -0.4 is 5.32 Å². The summed E-state index contributed by atoms with van der Waals surface area (Å²) in [6.45, 7) is 0.749. The Balaban J connectivity index is 1.70. The topological polar surface area (TPSA) is 95.2 Å². The van der Waals surface area contributed by atoms with Crippen LogP contribution in [0.1, 0.15) is 5.82 Å². The van der Waals surface area contributed by atoms with E-state index in [1.807, 2.05) is 6.20 Å². The summed E-state index contributed by atoms with van der Waals surface area (Å²) in [5.74, 6) is 1.71. The van der Waals surface area contributed by atoms with Crippen molar-refractivity contribution >= 4 is 17.0 Å². The van der Waals surface area contributed by atoms with Gasteiger partial charge in [-0.2, -0.15) is 0 Å². The Bertz CT molecular complexity index is 598. The highest BCUT2D eigenvalue weighted by atomic mass is 15.1. The van der Waals surface area contributed by atoms with Crippen LogP contribution in [-0.2, 0) is 6.42 Å². The van der Waals surface area contributed by atoms with Gasteiger partial charge in [0.15, 0.2) is 11.5 Å². The van der Waals surface area contributed by atoms with Gasteiger partial charge in [0, 0.05) is 25.4 Å². The number of aromatic nitrogens is 6. The average Bonchev–Trinajstić information content (AvgIpc) is 2.99. The summed E-state index contributed by atoms with van der Waals surface area (Å²) in [5.41, 5.74) is 1.49. The molecule has 0 atom stereocenters. The van der Waals surface area contributed by atoms with E-state index in [2.05, 4.69) is 35.2 Å². The van der Waals surface area contributed by atoms with Crippen molar-refractivity contribution in [2.45, 2.75) is 6.42 Å². The molecule has 3 aromatic rings. The highest BCUT2D eigenvalue weighted by Gasteiger charge is 2.04. The van der Waals surface area contributed by atoms with E-state index in [0.717, 1.165) is 30.1 Å². The second-order valence-electron chi connectivity index (χ2n) is 3.54. The zero-order chi connectivity index (χ0) is 11.5. The largest absolute Gasteiger partial charge is 0.368 e. The highest BCUT2D eigenvalue weighted by Crippen LogP contribution is 2.13. The van der Waals surface area contributed by atoms with Crippen molar-refractivity contribution in [3.63, 3.8) is 0 Å². The van der Waals surface area contributed by atoms with Crippen LogP contribution in [0.3, 0.4) is 0 Å². The van der Waals surface area contributed by atoms with Crippen molar-refractivity contribution in [3.8, 4) is 0 Å². The van der Waals surface area contributed by atoms with Crippen LogP contribution in [-0.4, -0.2) is 36.4 Å². The van der Waals surface area contributed by atoms with Crippen LogP contribution in [0.25, 0.3) is 11.2 Å². The Morgan fingerprint density at radius 2 is 2.12 bits per heavy atom. The summed E-state index contributed by atoms with van der Waals surface area (Å²) in [6.07, 6.45) is 7.47. The van der Waals surface area contributed by atoms with E-state index >= 15 is 0 Å². The zero-order valence-corrected chi connectivity index (χ0v) is 9.01. The molecule has 0 unspecified atom stereocenters. The maximum absolute atomic E-state index is 4.17. The monoisotopic (exact) mass is 229 g/mol. The molecule has 3 N–H and O–H groups in total. The Hall–Kier alpha value is -2.44. The van der Waals surface area contributed by atoms with E-state index in [1.54, 1.807) is 12.5 Å². The first kappa shape index (κ1) is 9.76. The quantitative estimate of drug-likeness (QED) is 0.613. The normalized spacial score (nSPS) is 10.8. The molecule has 7 nitrogen and oxygen atoms in total. The third kappa shape index (κ3) is 1.94. The van der Waals surface area contributed by atoms with Gasteiger partial charge in [-0.25, -0.2) is 19.9 Å². The maximum Gasteiger partial charge on any atom is 0.182 e. The minimum atomic E-state index is 0.667. The molecular formula is C10H11N7. The van der Waals surface area contributed by atoms with E-state index in [0.29, 0.717) is 5.65 Å². The number of anilines is 1. The van der Waals surface area contributed by atoms with E-state index in [9.17, 15) is 0 Å². The van der Waals surface area contributed by atoms with Crippen LogP contribution in [0.2, 0.25) is 0 Å². The van der Waals surface area contributed by atoms with Crippen molar-refractivity contribution in [1.29, 1.82) is 0 Å². The fraction of sp³-hybridized carbons (Fsp3) is 0.200. The number of rotatable bonds is 4. The fourth-order valence-corrected chi connectivity index (χ4v) is 1.63. The number of nitrogens with zero attached hydrogens (tertiary/aromatic N) is 4. The van der Waals surface area contributed by atoms with Crippen LogP contribution in [0.5, 0.6) is 0 Å². The number of aromatic amines is 2. The van der Waals surface area contributed by atoms with Crippen molar-refractivity contribution < 1.29 is 0 Å². The number of imidazole rings is 2. The van der Waals surface area contributed by atoms with E-state index in [-0.39, 0.29) is 0 Å². The van der Waals surface area contributed by atoms with Gasteiger partial charge < -0.3 is 15.3 Å². The molecule has 0 saturated heterocycles. The first-order chi connectivity index (χ1) is 8.43. The molecule has 0 aliphatic heterocycles. The molecule has 3 rings (SSSR count). The minimum absolute atomic E-state index is 0.667. The summed E-state index contributed by atoms with van der Waals surface area (Å²) in [7, 11) is 0. The number of nitrogens with one attached hydrogen (secondary N) is 3. The molecule has 0 saturated carbocycles. The van der Waals surface area contributed by atoms with Gasteiger partial charge in [0.25, 0.3) is 0 Å². The lowest BCUT2D eigenvalue weighted by Crippen LogP contribution is -2.07. The second kappa shape index (κ2) is 4.20. The van der Waals surface area contributed by atoms with Crippen molar-refractivity contribution in [2.24, 2.45) is 0 Å². The number of H-pyrrole nitrogens is 2. The number of hydrogen-bond donors (Lipinski definition) is 3. The first-order valence-electron chi connectivity index (χ1n) is 5.30. The number of hydrogen-bond acceptors (Lipinski definition) is 5. The fourth-order valence-electron chi connectivity index (χ4n) is 1.63. The molecule has 3 heterocycles. The van der Waals surface area contributed by atoms with Crippen LogP contribution >= 0.6 is 0 Å². The summed E-state index contributed by atoms with van der Waals surface area (Å²) in [6, 6.07) is 0. The molecule has 0 aromatic carbocycles. The molecular weight excluding hydrogens is 218 g/mol. The minimum Gasteiger partial charge on any atom is -0.368 e. The molecule has 0 aliphatic rings. The third-order valence-corrected chi connectivity index (χ3v) is 2.43. The predicted octanol–water partition coefficient (Wildman–Crippen LogP) is 0.731. The smallest absolute Gasteiger partial charge is 0.182 e. The van der Waals surface area contributed by atoms with Crippen molar-refractivity contribution in [1.82, 2.24) is 29.9 Å². The predicted molar refractivity (Wildman–Crippen MR) is 62.5 cm³/mol. The molecule has 17 heavy (non-hydrogen) atoms. The summed E-state index contributed by atoms with van der Waals surface area (Å²) >= 11 is 0. The first-order valence-corrected chi connectivity index (χ1v) is 5.30. The molecule has 86 valence electrons. The number of fused-ring (bicyclic) bond motifs is 1. The standard InChI is InChI=1S/C10H11N7/c1(7-11-3-4-12-7)2-13-9-8-10(15-5-14-8)17-6-16-9/h3-6H,1-2H2,(H,11,12)(H2,13,14,15,16,17). The Kier molecular flexibility index (Phi) is 2.41. The highest BCUT2D eigenvalue weighted by molar-refractivity contribution is 5.81. The summed E-state index contributed by atoms with van der Waals surface area (Å²) in [5, 5.41) is 3.23. The lowest BCUT2D eigenvalue weighted by Gasteiger charge is -2.04. The van der Waals surface area contributed by atoms with E-state index in [4.69, 9.17) is 0 Å². The Labute approximate surface area is 96.7 Å². The van der Waals surface area contributed by atoms with Crippen LogP contribution in [0.15, 0.2) is 25.0 Å². The summed E-state index contributed by atoms with van der Waals surface area (Å²) < 4.78 is 0. The molecule has 7 heteroatoms. The van der Waals surface area contributed by atoms with Crippen LogP contribution in [0, 0.1) is 0 Å². The Morgan fingerprint density at radius 3 is 3.00 bits per heavy atom. The van der Waals surface area contributed by atoms with Crippen LogP contribution in [0.4, 0.5) is 5.82 Å². The second-order valence-corrected chi connectivity index (χ2v) is 3.54. The van der Waals surface area contributed by atoms with Gasteiger partial charge in [-0.3, -0.25) is 0 Å². The zero-order valence-electron chi connectivity index (χ0n) is 9.01. The van der Waals surface area contributed by atoms with E-state index in [1.165, 1.54) is 6.33 Å². The molecule has 0 fully saturated rings. The van der Waals surface area contributed by atoms with Crippen molar-refractivity contribution in [3.05, 3.63) is 30.9 Å². The van der Waals surface area contributed by atoms with E-state index < -0.39 is 0 Å². The average molecular weight is 229 g/mol. The SMILES string of the molecule is c1c[nH]c(CCNc2ncnc3nc[nH]c23)n1.